The molecule has 0 bridgehead atoms. The van der Waals surface area contributed by atoms with Gasteiger partial charge < -0.3 is 10.1 Å². The van der Waals surface area contributed by atoms with E-state index in [1.54, 1.807) is 12.1 Å². The SMILES string of the molecule is C1CCNCC1.CC.Cc1cccc(OC(F)F)c1. The number of piperidine rings is 1. The van der Waals surface area contributed by atoms with Crippen LogP contribution in [-0.2, 0) is 0 Å². The maximum Gasteiger partial charge on any atom is 0.387 e. The number of benzene rings is 1. The van der Waals surface area contributed by atoms with E-state index in [0.717, 1.165) is 5.56 Å². The predicted molar refractivity (Wildman–Crippen MR) is 75.9 cm³/mol. The van der Waals surface area contributed by atoms with Crippen LogP contribution in [0.15, 0.2) is 24.3 Å². The van der Waals surface area contributed by atoms with Gasteiger partial charge in [-0.3, -0.25) is 0 Å². The highest BCUT2D eigenvalue weighted by molar-refractivity contribution is 5.27. The molecule has 1 aromatic rings. The van der Waals surface area contributed by atoms with Gasteiger partial charge in [0.1, 0.15) is 5.75 Å². The summed E-state index contributed by atoms with van der Waals surface area (Å²) >= 11 is 0. The van der Waals surface area contributed by atoms with Crippen LogP contribution in [0, 0.1) is 6.92 Å². The zero-order valence-corrected chi connectivity index (χ0v) is 12.1. The summed E-state index contributed by atoms with van der Waals surface area (Å²) < 4.78 is 27.4. The number of nitrogens with one attached hydrogen (secondary N) is 1. The zero-order chi connectivity index (χ0) is 14.5. The fourth-order valence-electron chi connectivity index (χ4n) is 1.59. The first-order valence-corrected chi connectivity index (χ1v) is 6.90. The van der Waals surface area contributed by atoms with Crippen molar-refractivity contribution < 1.29 is 13.5 Å². The molecule has 1 fully saturated rings. The third kappa shape index (κ3) is 10.4. The van der Waals surface area contributed by atoms with Gasteiger partial charge in [-0.2, -0.15) is 8.78 Å². The lowest BCUT2D eigenvalue weighted by atomic mass is 10.2. The highest BCUT2D eigenvalue weighted by Crippen LogP contribution is 2.14. The lowest BCUT2D eigenvalue weighted by Crippen LogP contribution is -2.21. The second kappa shape index (κ2) is 11.9. The molecule has 19 heavy (non-hydrogen) atoms. The van der Waals surface area contributed by atoms with E-state index < -0.39 is 6.61 Å². The second-order valence-electron chi connectivity index (χ2n) is 4.01. The normalized spacial score (nSPS) is 13.8. The van der Waals surface area contributed by atoms with Crippen LogP contribution in [0.2, 0.25) is 0 Å². The van der Waals surface area contributed by atoms with Crippen LogP contribution in [0.5, 0.6) is 5.75 Å². The lowest BCUT2D eigenvalue weighted by Gasteiger charge is -2.08. The summed E-state index contributed by atoms with van der Waals surface area (Å²) in [4.78, 5) is 0. The number of rotatable bonds is 2. The molecule has 0 amide bonds. The molecule has 1 aliphatic heterocycles. The van der Waals surface area contributed by atoms with E-state index in [4.69, 9.17) is 0 Å². The maximum absolute atomic E-state index is 11.6. The van der Waals surface area contributed by atoms with Crippen LogP contribution in [0.4, 0.5) is 8.78 Å². The Hall–Kier alpha value is -1.16. The van der Waals surface area contributed by atoms with Crippen molar-refractivity contribution in [3.05, 3.63) is 29.8 Å². The van der Waals surface area contributed by atoms with Gasteiger partial charge in [0.2, 0.25) is 0 Å². The molecule has 110 valence electrons. The molecule has 2 nitrogen and oxygen atoms in total. The van der Waals surface area contributed by atoms with E-state index in [0.29, 0.717) is 0 Å². The quantitative estimate of drug-likeness (QED) is 0.863. The summed E-state index contributed by atoms with van der Waals surface area (Å²) in [6.07, 6.45) is 4.22. The molecule has 0 saturated carbocycles. The van der Waals surface area contributed by atoms with Crippen LogP contribution in [0.1, 0.15) is 38.7 Å². The number of hydrogen-bond donors (Lipinski definition) is 1. The molecule has 0 atom stereocenters. The van der Waals surface area contributed by atoms with Crippen LogP contribution in [0.25, 0.3) is 0 Å². The van der Waals surface area contributed by atoms with E-state index in [2.05, 4.69) is 10.1 Å². The Morgan fingerprint density at radius 2 is 1.74 bits per heavy atom. The van der Waals surface area contributed by atoms with Crippen molar-refractivity contribution in [2.45, 2.75) is 46.6 Å². The summed E-state index contributed by atoms with van der Waals surface area (Å²) in [6.45, 7) is 5.58. The number of aryl methyl sites for hydroxylation is 1. The van der Waals surface area contributed by atoms with Gasteiger partial charge in [0.05, 0.1) is 0 Å². The molecular formula is C15H25F2NO. The van der Waals surface area contributed by atoms with Crippen molar-refractivity contribution in [1.82, 2.24) is 5.32 Å². The van der Waals surface area contributed by atoms with Gasteiger partial charge in [0.25, 0.3) is 0 Å². The van der Waals surface area contributed by atoms with E-state index >= 15 is 0 Å². The van der Waals surface area contributed by atoms with Crippen molar-refractivity contribution in [2.75, 3.05) is 13.1 Å². The van der Waals surface area contributed by atoms with Crippen molar-refractivity contribution in [1.29, 1.82) is 0 Å². The molecular weight excluding hydrogens is 248 g/mol. The third-order valence-electron chi connectivity index (χ3n) is 2.42. The van der Waals surface area contributed by atoms with Crippen LogP contribution < -0.4 is 10.1 Å². The Balaban J connectivity index is 0.000000341. The monoisotopic (exact) mass is 273 g/mol. The summed E-state index contributed by atoms with van der Waals surface area (Å²) in [7, 11) is 0. The van der Waals surface area contributed by atoms with Crippen LogP contribution in [-0.4, -0.2) is 19.7 Å². The Kier molecular flexibility index (Phi) is 11.2. The van der Waals surface area contributed by atoms with Gasteiger partial charge in [-0.05, 0) is 50.6 Å². The molecule has 4 heteroatoms. The van der Waals surface area contributed by atoms with Gasteiger partial charge in [-0.15, -0.1) is 0 Å². The fraction of sp³-hybridized carbons (Fsp3) is 0.600. The zero-order valence-electron chi connectivity index (χ0n) is 12.1. The lowest BCUT2D eigenvalue weighted by molar-refractivity contribution is -0.0498. The van der Waals surface area contributed by atoms with Crippen molar-refractivity contribution in [3.8, 4) is 5.75 Å². The molecule has 1 saturated heterocycles. The van der Waals surface area contributed by atoms with E-state index in [9.17, 15) is 8.78 Å². The number of ether oxygens (including phenoxy) is 1. The average molecular weight is 273 g/mol. The van der Waals surface area contributed by atoms with E-state index in [1.165, 1.54) is 38.4 Å². The Labute approximate surface area is 115 Å². The molecule has 0 aliphatic carbocycles. The molecule has 1 N–H and O–H groups in total. The standard InChI is InChI=1S/C8H8F2O.C5H11N.C2H6/c1-6-3-2-4-7(5-6)11-8(9)10;1-2-4-6-5-3-1;1-2/h2-5,8H,1H3;6H,1-5H2;1-2H3. The number of alkyl halides is 2. The summed E-state index contributed by atoms with van der Waals surface area (Å²) in [5.41, 5.74) is 0.906. The molecule has 1 aliphatic rings. The largest absolute Gasteiger partial charge is 0.435 e. The Morgan fingerprint density at radius 3 is 2.11 bits per heavy atom. The fourth-order valence-corrected chi connectivity index (χ4v) is 1.59. The smallest absolute Gasteiger partial charge is 0.387 e. The van der Waals surface area contributed by atoms with Gasteiger partial charge in [0.15, 0.2) is 0 Å². The topological polar surface area (TPSA) is 21.3 Å². The first-order chi connectivity index (χ1) is 9.18. The van der Waals surface area contributed by atoms with Crippen LogP contribution in [0.3, 0.4) is 0 Å². The summed E-state index contributed by atoms with van der Waals surface area (Å²) in [5.74, 6) is 0.208. The summed E-state index contributed by atoms with van der Waals surface area (Å²) in [5, 5.41) is 3.28. The Bertz CT molecular complexity index is 303. The minimum absolute atomic E-state index is 0.208. The molecule has 1 aromatic carbocycles. The van der Waals surface area contributed by atoms with Crippen LogP contribution >= 0.6 is 0 Å². The van der Waals surface area contributed by atoms with Gasteiger partial charge in [-0.25, -0.2) is 0 Å². The van der Waals surface area contributed by atoms with Crippen molar-refractivity contribution in [2.24, 2.45) is 0 Å². The Morgan fingerprint density at radius 1 is 1.11 bits per heavy atom. The maximum atomic E-state index is 11.6. The van der Waals surface area contributed by atoms with E-state index in [1.807, 2.05) is 26.8 Å². The molecule has 0 aromatic heterocycles. The summed E-state index contributed by atoms with van der Waals surface area (Å²) in [6, 6.07) is 6.55. The van der Waals surface area contributed by atoms with Gasteiger partial charge in [-0.1, -0.05) is 32.4 Å². The predicted octanol–water partition coefficient (Wildman–Crippen LogP) is 4.38. The minimum atomic E-state index is -2.74. The van der Waals surface area contributed by atoms with Gasteiger partial charge in [0, 0.05) is 0 Å². The molecule has 2 rings (SSSR count). The third-order valence-corrected chi connectivity index (χ3v) is 2.42. The minimum Gasteiger partial charge on any atom is -0.435 e. The molecule has 0 unspecified atom stereocenters. The van der Waals surface area contributed by atoms with Crippen molar-refractivity contribution in [3.63, 3.8) is 0 Å². The molecule has 1 heterocycles. The average Bonchev–Trinajstić information content (AvgIpc) is 2.43. The molecule has 0 spiro atoms. The molecule has 0 radical (unpaired) electrons. The first-order valence-electron chi connectivity index (χ1n) is 6.90. The number of hydrogen-bond acceptors (Lipinski definition) is 2. The highest BCUT2D eigenvalue weighted by atomic mass is 19.3. The van der Waals surface area contributed by atoms with E-state index in [-0.39, 0.29) is 5.75 Å². The van der Waals surface area contributed by atoms with Crippen molar-refractivity contribution >= 4 is 0 Å². The highest BCUT2D eigenvalue weighted by Gasteiger charge is 2.02. The van der Waals surface area contributed by atoms with Gasteiger partial charge >= 0.3 is 6.61 Å². The first kappa shape index (κ1) is 17.8. The number of halogens is 2. The second-order valence-corrected chi connectivity index (χ2v) is 4.01.